The van der Waals surface area contributed by atoms with Crippen molar-refractivity contribution in [3.8, 4) is 0 Å². The maximum Gasteiger partial charge on any atom is 0.244 e. The molecule has 7 nitrogen and oxygen atoms in total. The molecule has 0 saturated heterocycles. The quantitative estimate of drug-likeness (QED) is 0.483. The van der Waals surface area contributed by atoms with Crippen molar-refractivity contribution in [1.82, 2.24) is 10.2 Å². The molecule has 1 N–H and O–H groups in total. The number of nitrogens with zero attached hydrogens (tertiary/aromatic N) is 2. The third kappa shape index (κ3) is 7.84. The van der Waals surface area contributed by atoms with E-state index >= 15 is 0 Å². The van der Waals surface area contributed by atoms with E-state index in [0.29, 0.717) is 12.2 Å². The lowest BCUT2D eigenvalue weighted by molar-refractivity contribution is -0.139. The third-order valence-electron chi connectivity index (χ3n) is 5.55. The molecule has 0 aromatic heterocycles. The molecule has 0 radical (unpaired) electrons. The number of sulfonamides is 1. The number of aryl methyl sites for hydroxylation is 2. The molecule has 1 atom stereocenters. The normalized spacial score (nSPS) is 12.4. The summed E-state index contributed by atoms with van der Waals surface area (Å²) in [5.41, 5.74) is 3.18. The number of amides is 2. The minimum absolute atomic E-state index is 0.166. The number of halogens is 1. The van der Waals surface area contributed by atoms with Crippen LogP contribution in [-0.4, -0.2) is 50.5 Å². The van der Waals surface area contributed by atoms with Crippen LogP contribution in [0.2, 0.25) is 0 Å². The third-order valence-corrected chi connectivity index (χ3v) is 7.19. The summed E-state index contributed by atoms with van der Waals surface area (Å²) in [6.07, 6.45) is 1.08. The average molecular weight is 553 g/mol. The van der Waals surface area contributed by atoms with Crippen LogP contribution in [0.15, 0.2) is 46.9 Å². The standard InChI is InChI=1S/C25H34BrN3O4S/c1-17(2)14-27-25(31)20(5)28(15-21-8-7-9-22(26)13-21)24(30)16-29(34(6,32)33)23-11-10-18(3)19(4)12-23/h7-13,17,20H,14-16H2,1-6H3,(H,27,31). The fourth-order valence-corrected chi connectivity index (χ4v) is 4.65. The van der Waals surface area contributed by atoms with Crippen molar-refractivity contribution in [2.75, 3.05) is 23.7 Å². The maximum atomic E-state index is 13.5. The fourth-order valence-electron chi connectivity index (χ4n) is 3.36. The van der Waals surface area contributed by atoms with Crippen LogP contribution >= 0.6 is 15.9 Å². The first-order chi connectivity index (χ1) is 15.8. The van der Waals surface area contributed by atoms with Crippen LogP contribution in [0.1, 0.15) is 37.5 Å². The van der Waals surface area contributed by atoms with E-state index in [9.17, 15) is 18.0 Å². The number of rotatable bonds is 10. The van der Waals surface area contributed by atoms with Crippen LogP contribution in [0, 0.1) is 19.8 Å². The highest BCUT2D eigenvalue weighted by Crippen LogP contribution is 2.22. The molecule has 2 aromatic carbocycles. The molecule has 0 bridgehead atoms. The topological polar surface area (TPSA) is 86.8 Å². The summed E-state index contributed by atoms with van der Waals surface area (Å²) in [4.78, 5) is 27.8. The second kappa shape index (κ2) is 11.8. The largest absolute Gasteiger partial charge is 0.354 e. The van der Waals surface area contributed by atoms with E-state index in [-0.39, 0.29) is 18.4 Å². The zero-order valence-corrected chi connectivity index (χ0v) is 23.0. The first kappa shape index (κ1) is 27.9. The van der Waals surface area contributed by atoms with Crippen molar-refractivity contribution < 1.29 is 18.0 Å². The summed E-state index contributed by atoms with van der Waals surface area (Å²) < 4.78 is 27.2. The van der Waals surface area contributed by atoms with Crippen LogP contribution < -0.4 is 9.62 Å². The van der Waals surface area contributed by atoms with Gasteiger partial charge in [0.2, 0.25) is 21.8 Å². The Morgan fingerprint density at radius 3 is 2.26 bits per heavy atom. The minimum atomic E-state index is -3.75. The molecular formula is C25H34BrN3O4S. The van der Waals surface area contributed by atoms with Gasteiger partial charge in [0.15, 0.2) is 0 Å². The predicted molar refractivity (Wildman–Crippen MR) is 140 cm³/mol. The number of benzene rings is 2. The lowest BCUT2D eigenvalue weighted by atomic mass is 10.1. The highest BCUT2D eigenvalue weighted by molar-refractivity contribution is 9.10. The molecule has 0 aliphatic rings. The van der Waals surface area contributed by atoms with Crippen molar-refractivity contribution in [3.63, 3.8) is 0 Å². The molecule has 2 aromatic rings. The van der Waals surface area contributed by atoms with Crippen molar-refractivity contribution in [3.05, 3.63) is 63.6 Å². The molecule has 0 aliphatic carbocycles. The van der Waals surface area contributed by atoms with E-state index in [2.05, 4.69) is 21.2 Å². The Labute approximate surface area is 211 Å². The molecule has 9 heteroatoms. The summed E-state index contributed by atoms with van der Waals surface area (Å²) in [6.45, 7) is 9.71. The molecule has 0 spiro atoms. The Kier molecular flexibility index (Phi) is 9.70. The van der Waals surface area contributed by atoms with E-state index in [0.717, 1.165) is 31.7 Å². The van der Waals surface area contributed by atoms with Crippen LogP contribution in [-0.2, 0) is 26.2 Å². The van der Waals surface area contributed by atoms with Crippen LogP contribution in [0.4, 0.5) is 5.69 Å². The zero-order chi connectivity index (χ0) is 25.6. The van der Waals surface area contributed by atoms with Gasteiger partial charge < -0.3 is 10.2 Å². The van der Waals surface area contributed by atoms with Crippen molar-refractivity contribution in [2.45, 2.75) is 47.2 Å². The Morgan fingerprint density at radius 1 is 1.03 bits per heavy atom. The summed E-state index contributed by atoms with van der Waals surface area (Å²) in [5, 5.41) is 2.87. The van der Waals surface area contributed by atoms with Crippen LogP contribution in [0.5, 0.6) is 0 Å². The van der Waals surface area contributed by atoms with Gasteiger partial charge in [-0.1, -0.05) is 48.0 Å². The van der Waals surface area contributed by atoms with Gasteiger partial charge in [-0.25, -0.2) is 8.42 Å². The van der Waals surface area contributed by atoms with Gasteiger partial charge >= 0.3 is 0 Å². The number of anilines is 1. The van der Waals surface area contributed by atoms with E-state index in [1.807, 2.05) is 58.0 Å². The molecule has 0 saturated carbocycles. The van der Waals surface area contributed by atoms with Crippen molar-refractivity contribution >= 4 is 43.5 Å². The molecular weight excluding hydrogens is 518 g/mol. The summed E-state index contributed by atoms with van der Waals surface area (Å²) in [6, 6.07) is 11.9. The van der Waals surface area contributed by atoms with E-state index in [1.165, 1.54) is 4.90 Å². The molecule has 2 rings (SSSR count). The fraction of sp³-hybridized carbons (Fsp3) is 0.440. The second-order valence-corrected chi connectivity index (χ2v) is 11.8. The van der Waals surface area contributed by atoms with Gasteiger partial charge in [0.1, 0.15) is 12.6 Å². The lowest BCUT2D eigenvalue weighted by Crippen LogP contribution is -2.51. The van der Waals surface area contributed by atoms with Gasteiger partial charge in [-0.3, -0.25) is 13.9 Å². The Bertz CT molecular complexity index is 1130. The smallest absolute Gasteiger partial charge is 0.244 e. The summed E-state index contributed by atoms with van der Waals surface area (Å²) in [7, 11) is -3.75. The molecule has 1 unspecified atom stereocenters. The van der Waals surface area contributed by atoms with Crippen molar-refractivity contribution in [1.29, 1.82) is 0 Å². The number of carbonyl (C=O) groups is 2. The summed E-state index contributed by atoms with van der Waals surface area (Å²) >= 11 is 3.44. The minimum Gasteiger partial charge on any atom is -0.354 e. The Morgan fingerprint density at radius 2 is 1.71 bits per heavy atom. The number of hydrogen-bond donors (Lipinski definition) is 1. The van der Waals surface area contributed by atoms with Crippen LogP contribution in [0.25, 0.3) is 0 Å². The second-order valence-electron chi connectivity index (χ2n) is 9.00. The molecule has 186 valence electrons. The molecule has 0 heterocycles. The van der Waals surface area contributed by atoms with Crippen LogP contribution in [0.3, 0.4) is 0 Å². The van der Waals surface area contributed by atoms with Gasteiger partial charge in [-0.15, -0.1) is 0 Å². The van der Waals surface area contributed by atoms with Gasteiger partial charge in [0.25, 0.3) is 0 Å². The number of nitrogens with one attached hydrogen (secondary N) is 1. The SMILES string of the molecule is Cc1ccc(N(CC(=O)N(Cc2cccc(Br)c2)C(C)C(=O)NCC(C)C)S(C)(=O)=O)cc1C. The monoisotopic (exact) mass is 551 g/mol. The highest BCUT2D eigenvalue weighted by atomic mass is 79.9. The van der Waals surface area contributed by atoms with E-state index < -0.39 is 28.5 Å². The average Bonchev–Trinajstić information content (AvgIpc) is 2.74. The Balaban J connectivity index is 2.39. The number of hydrogen-bond acceptors (Lipinski definition) is 4. The van der Waals surface area contributed by atoms with E-state index in [4.69, 9.17) is 0 Å². The molecule has 0 fully saturated rings. The van der Waals surface area contributed by atoms with Crippen molar-refractivity contribution in [2.24, 2.45) is 5.92 Å². The van der Waals surface area contributed by atoms with Gasteiger partial charge in [0.05, 0.1) is 11.9 Å². The lowest BCUT2D eigenvalue weighted by Gasteiger charge is -2.31. The highest BCUT2D eigenvalue weighted by Gasteiger charge is 2.30. The number of carbonyl (C=O) groups excluding carboxylic acids is 2. The zero-order valence-electron chi connectivity index (χ0n) is 20.6. The molecule has 0 aliphatic heterocycles. The van der Waals surface area contributed by atoms with E-state index in [1.54, 1.807) is 19.1 Å². The predicted octanol–water partition coefficient (Wildman–Crippen LogP) is 4.02. The van der Waals surface area contributed by atoms with Gasteiger partial charge in [-0.2, -0.15) is 0 Å². The summed E-state index contributed by atoms with van der Waals surface area (Å²) in [5.74, 6) is -0.485. The van der Waals surface area contributed by atoms with Gasteiger partial charge in [0, 0.05) is 17.6 Å². The molecule has 34 heavy (non-hydrogen) atoms. The first-order valence-corrected chi connectivity index (χ1v) is 13.8. The molecule has 2 amide bonds. The maximum absolute atomic E-state index is 13.5. The Hall–Kier alpha value is -2.39. The first-order valence-electron chi connectivity index (χ1n) is 11.2. The van der Waals surface area contributed by atoms with Gasteiger partial charge in [-0.05, 0) is 67.6 Å².